The van der Waals surface area contributed by atoms with Crippen LogP contribution in [0.5, 0.6) is 0 Å². The van der Waals surface area contributed by atoms with Crippen LogP contribution in [0.4, 0.5) is 0 Å². The van der Waals surface area contributed by atoms with Gasteiger partial charge in [-0.1, -0.05) is 30.3 Å². The summed E-state index contributed by atoms with van der Waals surface area (Å²) in [6.07, 6.45) is 5.89. The lowest BCUT2D eigenvalue weighted by atomic mass is 9.93. The molecule has 0 aromatic heterocycles. The van der Waals surface area contributed by atoms with Crippen LogP contribution < -0.4 is 5.32 Å². The monoisotopic (exact) mass is 373 g/mol. The Morgan fingerprint density at radius 2 is 1.78 bits per heavy atom. The maximum Gasteiger partial charge on any atom is 0.236 e. The molecule has 1 aromatic rings. The van der Waals surface area contributed by atoms with E-state index in [4.69, 9.17) is 4.74 Å². The molecule has 2 heterocycles. The zero-order valence-electron chi connectivity index (χ0n) is 16.7. The Balaban J connectivity index is 1.32. The van der Waals surface area contributed by atoms with Gasteiger partial charge in [0.2, 0.25) is 5.91 Å². The van der Waals surface area contributed by atoms with Crippen molar-refractivity contribution >= 4 is 5.91 Å². The molecule has 5 nitrogen and oxygen atoms in total. The molecular formula is C22H35N3O2. The van der Waals surface area contributed by atoms with Gasteiger partial charge in [0.1, 0.15) is 0 Å². The van der Waals surface area contributed by atoms with E-state index in [0.29, 0.717) is 19.1 Å². The van der Waals surface area contributed by atoms with E-state index in [9.17, 15) is 4.79 Å². The molecule has 3 rings (SSSR count). The SMILES string of the molecule is CNCCC1CCN(CC(=O)N2CCC(OCc3ccccc3)CC2)CC1. The highest BCUT2D eigenvalue weighted by Gasteiger charge is 2.26. The normalized spacial score (nSPS) is 20.1. The number of carbonyl (C=O) groups is 1. The minimum atomic E-state index is 0.275. The summed E-state index contributed by atoms with van der Waals surface area (Å²) in [6.45, 7) is 6.16. The predicted octanol–water partition coefficient (Wildman–Crippen LogP) is 2.52. The van der Waals surface area contributed by atoms with E-state index in [2.05, 4.69) is 22.3 Å². The molecule has 0 radical (unpaired) electrons. The van der Waals surface area contributed by atoms with Crippen LogP contribution in [0.3, 0.4) is 0 Å². The van der Waals surface area contributed by atoms with Crippen LogP contribution in [-0.4, -0.2) is 68.1 Å². The predicted molar refractivity (Wildman–Crippen MR) is 109 cm³/mol. The topological polar surface area (TPSA) is 44.8 Å². The van der Waals surface area contributed by atoms with Crippen LogP contribution in [0.15, 0.2) is 30.3 Å². The van der Waals surface area contributed by atoms with Crippen molar-refractivity contribution < 1.29 is 9.53 Å². The molecular weight excluding hydrogens is 338 g/mol. The molecule has 150 valence electrons. The second kappa shape index (κ2) is 10.8. The van der Waals surface area contributed by atoms with E-state index in [1.54, 1.807) is 0 Å². The van der Waals surface area contributed by atoms with Crippen LogP contribution in [0.2, 0.25) is 0 Å². The molecule has 2 aliphatic heterocycles. The Morgan fingerprint density at radius 3 is 2.44 bits per heavy atom. The van der Waals surface area contributed by atoms with Crippen LogP contribution >= 0.6 is 0 Å². The minimum absolute atomic E-state index is 0.275. The Hall–Kier alpha value is -1.43. The average molecular weight is 374 g/mol. The van der Waals surface area contributed by atoms with Gasteiger partial charge in [-0.3, -0.25) is 9.69 Å². The van der Waals surface area contributed by atoms with Gasteiger partial charge >= 0.3 is 0 Å². The summed E-state index contributed by atoms with van der Waals surface area (Å²) in [7, 11) is 2.02. The third-order valence-electron chi connectivity index (χ3n) is 5.99. The van der Waals surface area contributed by atoms with Gasteiger partial charge in [-0.25, -0.2) is 0 Å². The van der Waals surface area contributed by atoms with E-state index >= 15 is 0 Å². The quantitative estimate of drug-likeness (QED) is 0.761. The second-order valence-electron chi connectivity index (χ2n) is 7.99. The first-order valence-electron chi connectivity index (χ1n) is 10.5. The summed E-state index contributed by atoms with van der Waals surface area (Å²) in [5, 5.41) is 3.24. The maximum atomic E-state index is 12.6. The summed E-state index contributed by atoms with van der Waals surface area (Å²) in [4.78, 5) is 17.0. The third-order valence-corrected chi connectivity index (χ3v) is 5.99. The van der Waals surface area contributed by atoms with Crippen molar-refractivity contribution in [3.63, 3.8) is 0 Å². The zero-order chi connectivity index (χ0) is 18.9. The van der Waals surface area contributed by atoms with Crippen LogP contribution in [0.1, 0.15) is 37.7 Å². The molecule has 1 amide bonds. The summed E-state index contributed by atoms with van der Waals surface area (Å²) >= 11 is 0. The van der Waals surface area contributed by atoms with Crippen LogP contribution in [0, 0.1) is 5.92 Å². The first kappa shape index (κ1) is 20.3. The first-order valence-corrected chi connectivity index (χ1v) is 10.5. The number of ether oxygens (including phenoxy) is 1. The molecule has 0 aliphatic carbocycles. The Kier molecular flexibility index (Phi) is 8.11. The highest BCUT2D eigenvalue weighted by molar-refractivity contribution is 5.78. The second-order valence-corrected chi connectivity index (χ2v) is 7.99. The zero-order valence-corrected chi connectivity index (χ0v) is 16.7. The fourth-order valence-corrected chi connectivity index (χ4v) is 4.13. The highest BCUT2D eigenvalue weighted by atomic mass is 16.5. The molecule has 1 N–H and O–H groups in total. The van der Waals surface area contributed by atoms with Crippen LogP contribution in [0.25, 0.3) is 0 Å². The number of carbonyl (C=O) groups excluding carboxylic acids is 1. The lowest BCUT2D eigenvalue weighted by Crippen LogP contribution is -2.47. The number of nitrogens with zero attached hydrogens (tertiary/aromatic N) is 2. The Bertz CT molecular complexity index is 550. The van der Waals surface area contributed by atoms with Gasteiger partial charge in [-0.15, -0.1) is 0 Å². The third kappa shape index (κ3) is 6.59. The molecule has 2 aliphatic rings. The van der Waals surface area contributed by atoms with Gasteiger partial charge < -0.3 is 15.0 Å². The largest absolute Gasteiger partial charge is 0.373 e. The van der Waals surface area contributed by atoms with E-state index in [0.717, 1.165) is 51.5 Å². The highest BCUT2D eigenvalue weighted by Crippen LogP contribution is 2.21. The van der Waals surface area contributed by atoms with E-state index < -0.39 is 0 Å². The van der Waals surface area contributed by atoms with Crippen molar-refractivity contribution in [1.29, 1.82) is 0 Å². The fourth-order valence-electron chi connectivity index (χ4n) is 4.13. The number of hydrogen-bond donors (Lipinski definition) is 1. The van der Waals surface area contributed by atoms with Gasteiger partial charge in [0.05, 0.1) is 19.3 Å². The lowest BCUT2D eigenvalue weighted by Gasteiger charge is -2.35. The Labute approximate surface area is 164 Å². The number of amides is 1. The van der Waals surface area contributed by atoms with Gasteiger partial charge in [0, 0.05) is 13.1 Å². The number of benzene rings is 1. The smallest absolute Gasteiger partial charge is 0.236 e. The number of nitrogens with one attached hydrogen (secondary N) is 1. The summed E-state index contributed by atoms with van der Waals surface area (Å²) < 4.78 is 6.04. The van der Waals surface area contributed by atoms with Gasteiger partial charge in [0.15, 0.2) is 0 Å². The fraction of sp³-hybridized carbons (Fsp3) is 0.682. The molecule has 2 fully saturated rings. The van der Waals surface area contributed by atoms with Crippen molar-refractivity contribution in [2.24, 2.45) is 5.92 Å². The van der Waals surface area contributed by atoms with Gasteiger partial charge in [-0.2, -0.15) is 0 Å². The summed E-state index contributed by atoms with van der Waals surface area (Å²) in [6, 6.07) is 10.3. The summed E-state index contributed by atoms with van der Waals surface area (Å²) in [5.74, 6) is 1.12. The Morgan fingerprint density at radius 1 is 1.07 bits per heavy atom. The van der Waals surface area contributed by atoms with Crippen molar-refractivity contribution in [1.82, 2.24) is 15.1 Å². The van der Waals surface area contributed by atoms with E-state index in [1.807, 2.05) is 30.1 Å². The number of rotatable bonds is 8. The van der Waals surface area contributed by atoms with Crippen molar-refractivity contribution in [2.75, 3.05) is 46.3 Å². The molecule has 0 atom stereocenters. The summed E-state index contributed by atoms with van der Waals surface area (Å²) in [5.41, 5.74) is 1.22. The van der Waals surface area contributed by atoms with Crippen molar-refractivity contribution in [3.8, 4) is 0 Å². The van der Waals surface area contributed by atoms with Crippen molar-refractivity contribution in [3.05, 3.63) is 35.9 Å². The lowest BCUT2D eigenvalue weighted by molar-refractivity contribution is -0.135. The minimum Gasteiger partial charge on any atom is -0.373 e. The van der Waals surface area contributed by atoms with Crippen molar-refractivity contribution in [2.45, 2.75) is 44.8 Å². The van der Waals surface area contributed by atoms with Gasteiger partial charge in [-0.05, 0) is 70.3 Å². The molecule has 0 saturated carbocycles. The number of piperidine rings is 2. The standard InChI is InChI=1S/C22H35N3O2/c1-23-12-7-19-8-13-24(14-9-19)17-22(26)25-15-10-21(11-16-25)27-18-20-5-3-2-4-6-20/h2-6,19,21,23H,7-18H2,1H3. The molecule has 0 unspecified atom stereocenters. The first-order chi connectivity index (χ1) is 13.2. The molecule has 27 heavy (non-hydrogen) atoms. The molecule has 0 spiro atoms. The number of hydrogen-bond acceptors (Lipinski definition) is 4. The molecule has 0 bridgehead atoms. The van der Waals surface area contributed by atoms with E-state index in [1.165, 1.54) is 24.8 Å². The van der Waals surface area contributed by atoms with Crippen LogP contribution in [-0.2, 0) is 16.1 Å². The molecule has 2 saturated heterocycles. The molecule has 1 aromatic carbocycles. The average Bonchev–Trinajstić information content (AvgIpc) is 2.73. The maximum absolute atomic E-state index is 12.6. The van der Waals surface area contributed by atoms with E-state index in [-0.39, 0.29) is 6.10 Å². The number of likely N-dealkylation sites (tertiary alicyclic amines) is 2. The molecule has 5 heteroatoms. The van der Waals surface area contributed by atoms with Gasteiger partial charge in [0.25, 0.3) is 0 Å².